The summed E-state index contributed by atoms with van der Waals surface area (Å²) in [7, 11) is 1.56. The number of nitrogens with one attached hydrogen (secondary N) is 2. The van der Waals surface area contributed by atoms with Crippen molar-refractivity contribution < 1.29 is 9.59 Å². The number of fused-ring (bicyclic) bond motifs is 1. The minimum Gasteiger partial charge on any atom is -0.355 e. The molecule has 0 unspecified atom stereocenters. The lowest BCUT2D eigenvalue weighted by atomic mass is 10.2. The average Bonchev–Trinajstić information content (AvgIpc) is 3.29. The summed E-state index contributed by atoms with van der Waals surface area (Å²) < 4.78 is 1.76. The quantitative estimate of drug-likeness (QED) is 0.500. The summed E-state index contributed by atoms with van der Waals surface area (Å²) in [5.41, 5.74) is 2.61. The summed E-state index contributed by atoms with van der Waals surface area (Å²) in [5, 5.41) is 11.5. The fourth-order valence-electron chi connectivity index (χ4n) is 3.02. The molecule has 6 nitrogen and oxygen atoms in total. The van der Waals surface area contributed by atoms with Crippen molar-refractivity contribution in [2.75, 3.05) is 12.4 Å². The number of para-hydroxylation sites is 1. The highest BCUT2D eigenvalue weighted by molar-refractivity contribution is 7.20. The number of aromatic nitrogens is 2. The van der Waals surface area contributed by atoms with Crippen LogP contribution in [0.1, 0.15) is 25.7 Å². The zero-order valence-corrected chi connectivity index (χ0v) is 17.3. The third-order valence-corrected chi connectivity index (χ3v) is 5.89. The van der Waals surface area contributed by atoms with Crippen LogP contribution in [0.4, 0.5) is 5.69 Å². The van der Waals surface area contributed by atoms with E-state index in [0.717, 1.165) is 21.6 Å². The highest BCUT2D eigenvalue weighted by Crippen LogP contribution is 2.32. The van der Waals surface area contributed by atoms with Gasteiger partial charge in [-0.05, 0) is 43.3 Å². The van der Waals surface area contributed by atoms with Crippen molar-refractivity contribution in [3.8, 4) is 5.69 Å². The molecule has 2 aromatic heterocycles. The number of thiophene rings is 1. The Morgan fingerprint density at radius 1 is 1.07 bits per heavy atom. The van der Waals surface area contributed by atoms with Crippen LogP contribution in [0, 0.1) is 6.92 Å². The zero-order chi connectivity index (χ0) is 20.5. The van der Waals surface area contributed by atoms with Crippen molar-refractivity contribution in [3.05, 3.63) is 75.8 Å². The van der Waals surface area contributed by atoms with Crippen molar-refractivity contribution >= 4 is 50.7 Å². The van der Waals surface area contributed by atoms with E-state index in [9.17, 15) is 9.59 Å². The van der Waals surface area contributed by atoms with Crippen molar-refractivity contribution in [2.45, 2.75) is 6.92 Å². The molecule has 0 aliphatic rings. The second-order valence-electron chi connectivity index (χ2n) is 6.39. The lowest BCUT2D eigenvalue weighted by Gasteiger charge is -2.06. The van der Waals surface area contributed by atoms with Crippen LogP contribution in [0.25, 0.3) is 15.9 Å². The van der Waals surface area contributed by atoms with Gasteiger partial charge in [-0.2, -0.15) is 5.10 Å². The third-order valence-electron chi connectivity index (χ3n) is 4.46. The molecule has 0 aliphatic carbocycles. The van der Waals surface area contributed by atoms with Gasteiger partial charge in [0.15, 0.2) is 0 Å². The van der Waals surface area contributed by atoms with E-state index in [1.54, 1.807) is 42.1 Å². The molecule has 2 N–H and O–H groups in total. The van der Waals surface area contributed by atoms with Crippen LogP contribution in [0.2, 0.25) is 5.02 Å². The number of benzene rings is 2. The highest BCUT2D eigenvalue weighted by Gasteiger charge is 2.18. The number of carbonyl (C=O) groups excluding carboxylic acids is 2. The SMILES string of the molecule is CNC(=O)c1cccc(NC(=O)c2cc3c(C)nn(-c4ccccc4Cl)c3s2)c1. The molecule has 8 heteroatoms. The number of rotatable bonds is 4. The Bertz CT molecular complexity index is 1240. The molecule has 0 saturated carbocycles. The van der Waals surface area contributed by atoms with E-state index >= 15 is 0 Å². The summed E-state index contributed by atoms with van der Waals surface area (Å²) in [5.74, 6) is -0.455. The van der Waals surface area contributed by atoms with Crippen LogP contribution in [0.5, 0.6) is 0 Å². The maximum atomic E-state index is 12.8. The Kier molecular flexibility index (Phi) is 5.08. The van der Waals surface area contributed by atoms with E-state index in [1.165, 1.54) is 11.3 Å². The number of nitrogens with zero attached hydrogens (tertiary/aromatic N) is 2. The number of hydrogen-bond donors (Lipinski definition) is 2. The van der Waals surface area contributed by atoms with E-state index in [0.29, 0.717) is 21.2 Å². The van der Waals surface area contributed by atoms with Gasteiger partial charge in [0.2, 0.25) is 0 Å². The fourth-order valence-corrected chi connectivity index (χ4v) is 4.31. The number of hydrogen-bond acceptors (Lipinski definition) is 4. The van der Waals surface area contributed by atoms with Crippen molar-refractivity contribution in [1.29, 1.82) is 0 Å². The second kappa shape index (κ2) is 7.69. The molecule has 0 fully saturated rings. The van der Waals surface area contributed by atoms with E-state index < -0.39 is 0 Å². The van der Waals surface area contributed by atoms with Crippen LogP contribution in [0.3, 0.4) is 0 Å². The maximum Gasteiger partial charge on any atom is 0.265 e. The Labute approximate surface area is 176 Å². The first kappa shape index (κ1) is 19.2. The van der Waals surface area contributed by atoms with Gasteiger partial charge in [0.25, 0.3) is 11.8 Å². The van der Waals surface area contributed by atoms with Crippen LogP contribution >= 0.6 is 22.9 Å². The molecule has 0 aliphatic heterocycles. The topological polar surface area (TPSA) is 76.0 Å². The second-order valence-corrected chi connectivity index (χ2v) is 7.83. The van der Waals surface area contributed by atoms with E-state index in [2.05, 4.69) is 15.7 Å². The summed E-state index contributed by atoms with van der Waals surface area (Å²) in [4.78, 5) is 26.0. The smallest absolute Gasteiger partial charge is 0.265 e. The average molecular weight is 425 g/mol. The van der Waals surface area contributed by atoms with Gasteiger partial charge in [0.1, 0.15) is 4.83 Å². The zero-order valence-electron chi connectivity index (χ0n) is 15.7. The Hall–Kier alpha value is -3.16. The summed E-state index contributed by atoms with van der Waals surface area (Å²) in [6.45, 7) is 1.90. The fraction of sp³-hybridized carbons (Fsp3) is 0.0952. The Morgan fingerprint density at radius 3 is 2.62 bits per heavy atom. The maximum absolute atomic E-state index is 12.8. The van der Waals surface area contributed by atoms with Gasteiger partial charge in [0, 0.05) is 23.7 Å². The molecule has 0 bridgehead atoms. The summed E-state index contributed by atoms with van der Waals surface area (Å²) in [6, 6.07) is 16.1. The molecule has 0 saturated heterocycles. The van der Waals surface area contributed by atoms with Crippen LogP contribution in [-0.4, -0.2) is 28.6 Å². The highest BCUT2D eigenvalue weighted by atomic mass is 35.5. The first-order valence-corrected chi connectivity index (χ1v) is 10.0. The molecule has 29 heavy (non-hydrogen) atoms. The lowest BCUT2D eigenvalue weighted by molar-refractivity contribution is 0.0961. The standard InChI is InChI=1S/C21H17ClN4O2S/c1-12-15-11-18(20(28)24-14-7-5-6-13(10-14)19(27)23-2)29-21(15)26(25-12)17-9-4-3-8-16(17)22/h3-11H,1-2H3,(H,23,27)(H,24,28). The third kappa shape index (κ3) is 3.62. The van der Waals surface area contributed by atoms with Gasteiger partial charge in [0.05, 0.1) is 21.3 Å². The van der Waals surface area contributed by atoms with Gasteiger partial charge < -0.3 is 10.6 Å². The number of anilines is 1. The molecular weight excluding hydrogens is 408 g/mol. The lowest BCUT2D eigenvalue weighted by Crippen LogP contribution is -2.18. The minimum atomic E-state index is -0.245. The van der Waals surface area contributed by atoms with Crippen molar-refractivity contribution in [3.63, 3.8) is 0 Å². The van der Waals surface area contributed by atoms with Gasteiger partial charge in [-0.25, -0.2) is 4.68 Å². The largest absolute Gasteiger partial charge is 0.355 e. The number of carbonyl (C=O) groups is 2. The Morgan fingerprint density at radius 2 is 1.86 bits per heavy atom. The van der Waals surface area contributed by atoms with E-state index in [-0.39, 0.29) is 11.8 Å². The number of aryl methyl sites for hydroxylation is 1. The van der Waals surface area contributed by atoms with Gasteiger partial charge in [-0.1, -0.05) is 29.8 Å². The monoisotopic (exact) mass is 424 g/mol. The van der Waals surface area contributed by atoms with Crippen LogP contribution in [-0.2, 0) is 0 Å². The first-order valence-electron chi connectivity index (χ1n) is 8.85. The van der Waals surface area contributed by atoms with Crippen molar-refractivity contribution in [1.82, 2.24) is 15.1 Å². The normalized spacial score (nSPS) is 10.9. The predicted octanol–water partition coefficient (Wildman–Crippen LogP) is 4.66. The number of amides is 2. The molecule has 0 atom stereocenters. The van der Waals surface area contributed by atoms with Gasteiger partial charge in [-0.15, -0.1) is 11.3 Å². The first-order chi connectivity index (χ1) is 14.0. The van der Waals surface area contributed by atoms with Crippen molar-refractivity contribution in [2.24, 2.45) is 0 Å². The molecule has 2 amide bonds. The molecule has 146 valence electrons. The molecule has 4 aromatic rings. The molecule has 0 spiro atoms. The molecule has 0 radical (unpaired) electrons. The summed E-state index contributed by atoms with van der Waals surface area (Å²) in [6.07, 6.45) is 0. The minimum absolute atomic E-state index is 0.210. The molecule has 2 aromatic carbocycles. The predicted molar refractivity (Wildman–Crippen MR) is 116 cm³/mol. The molecule has 2 heterocycles. The Balaban J connectivity index is 1.67. The summed E-state index contributed by atoms with van der Waals surface area (Å²) >= 11 is 7.67. The molecule has 4 rings (SSSR count). The van der Waals surface area contributed by atoms with E-state index in [1.807, 2.05) is 31.2 Å². The van der Waals surface area contributed by atoms with Gasteiger partial charge >= 0.3 is 0 Å². The number of halogens is 1. The molecular formula is C21H17ClN4O2S. The van der Waals surface area contributed by atoms with E-state index in [4.69, 9.17) is 11.6 Å². The van der Waals surface area contributed by atoms with Gasteiger partial charge in [-0.3, -0.25) is 9.59 Å². The van der Waals surface area contributed by atoms with Crippen LogP contribution in [0.15, 0.2) is 54.6 Å². The van der Waals surface area contributed by atoms with Crippen LogP contribution < -0.4 is 10.6 Å².